The zero-order valence-electron chi connectivity index (χ0n) is 12.2. The number of fused-ring (bicyclic) bond motifs is 5. The first kappa shape index (κ1) is 12.8. The summed E-state index contributed by atoms with van der Waals surface area (Å²) < 4.78 is 36.6. The SMILES string of the molecule is Cc1nc2cc3c(cc2o1)S(=O)(=O)c1cc2oc(C)nc2cc1-3. The second kappa shape index (κ2) is 3.80. The van der Waals surface area contributed by atoms with E-state index in [1.54, 1.807) is 38.1 Å². The number of hydrogen-bond donors (Lipinski definition) is 0. The van der Waals surface area contributed by atoms with E-state index < -0.39 is 9.84 Å². The molecule has 5 rings (SSSR count). The van der Waals surface area contributed by atoms with Crippen molar-refractivity contribution in [3.05, 3.63) is 36.0 Å². The summed E-state index contributed by atoms with van der Waals surface area (Å²) >= 11 is 0. The van der Waals surface area contributed by atoms with Gasteiger partial charge in [-0.25, -0.2) is 18.4 Å². The quantitative estimate of drug-likeness (QED) is 0.433. The van der Waals surface area contributed by atoms with E-state index in [1.165, 1.54) is 0 Å². The van der Waals surface area contributed by atoms with E-state index in [2.05, 4.69) is 9.97 Å². The lowest BCUT2D eigenvalue weighted by Gasteiger charge is -1.97. The normalized spacial score (nSPS) is 15.2. The number of sulfone groups is 1. The Balaban J connectivity index is 1.94. The van der Waals surface area contributed by atoms with E-state index in [1.807, 2.05) is 0 Å². The third-order valence-electron chi connectivity index (χ3n) is 4.06. The Kier molecular flexibility index (Phi) is 2.12. The van der Waals surface area contributed by atoms with Crippen LogP contribution in [-0.2, 0) is 9.84 Å². The fourth-order valence-electron chi connectivity index (χ4n) is 3.12. The second-order valence-corrected chi connectivity index (χ2v) is 7.49. The summed E-state index contributed by atoms with van der Waals surface area (Å²) in [6, 6.07) is 6.59. The van der Waals surface area contributed by atoms with Gasteiger partial charge in [-0.15, -0.1) is 0 Å². The van der Waals surface area contributed by atoms with Gasteiger partial charge in [-0.05, 0) is 12.1 Å². The molecule has 0 spiro atoms. The Morgan fingerprint density at radius 2 is 1.22 bits per heavy atom. The number of nitrogens with zero attached hydrogens (tertiary/aromatic N) is 2. The van der Waals surface area contributed by atoms with Crippen molar-refractivity contribution in [1.29, 1.82) is 0 Å². The molecule has 7 heteroatoms. The van der Waals surface area contributed by atoms with Crippen LogP contribution in [0.3, 0.4) is 0 Å². The summed E-state index contributed by atoms with van der Waals surface area (Å²) in [7, 11) is -3.60. The molecule has 1 aliphatic rings. The predicted molar refractivity (Wildman–Crippen MR) is 81.9 cm³/mol. The molecule has 1 aliphatic heterocycles. The van der Waals surface area contributed by atoms with E-state index in [0.717, 1.165) is 0 Å². The van der Waals surface area contributed by atoms with Crippen LogP contribution in [0.5, 0.6) is 0 Å². The summed E-state index contributed by atoms with van der Waals surface area (Å²) in [5.74, 6) is 1.01. The molecular weight excluding hydrogens is 316 g/mol. The first-order valence-electron chi connectivity index (χ1n) is 7.01. The molecule has 0 aliphatic carbocycles. The highest BCUT2D eigenvalue weighted by molar-refractivity contribution is 7.92. The van der Waals surface area contributed by atoms with Crippen LogP contribution in [0, 0.1) is 13.8 Å². The largest absolute Gasteiger partial charge is 0.441 e. The lowest BCUT2D eigenvalue weighted by molar-refractivity contribution is 0.559. The fourth-order valence-corrected chi connectivity index (χ4v) is 4.80. The molecule has 0 amide bonds. The van der Waals surface area contributed by atoms with Crippen molar-refractivity contribution in [3.8, 4) is 11.1 Å². The molecule has 0 saturated carbocycles. The molecule has 114 valence electrons. The average molecular weight is 326 g/mol. The maximum Gasteiger partial charge on any atom is 0.208 e. The molecule has 6 nitrogen and oxygen atoms in total. The highest BCUT2D eigenvalue weighted by Crippen LogP contribution is 2.46. The lowest BCUT2D eigenvalue weighted by Crippen LogP contribution is -1.96. The van der Waals surface area contributed by atoms with Gasteiger partial charge in [0.05, 0.1) is 9.79 Å². The van der Waals surface area contributed by atoms with Crippen LogP contribution in [0.2, 0.25) is 0 Å². The molecule has 3 heterocycles. The van der Waals surface area contributed by atoms with Gasteiger partial charge >= 0.3 is 0 Å². The summed E-state index contributed by atoms with van der Waals surface area (Å²) in [6.45, 7) is 3.46. The minimum Gasteiger partial charge on any atom is -0.441 e. The first-order valence-corrected chi connectivity index (χ1v) is 8.50. The van der Waals surface area contributed by atoms with Gasteiger partial charge < -0.3 is 8.83 Å². The number of hydrogen-bond acceptors (Lipinski definition) is 6. The van der Waals surface area contributed by atoms with Gasteiger partial charge in [0, 0.05) is 37.1 Å². The van der Waals surface area contributed by atoms with Crippen LogP contribution in [0.15, 0.2) is 42.9 Å². The van der Waals surface area contributed by atoms with Gasteiger partial charge in [-0.2, -0.15) is 0 Å². The zero-order chi connectivity index (χ0) is 15.9. The molecule has 0 unspecified atom stereocenters. The number of rotatable bonds is 0. The molecule has 0 N–H and O–H groups in total. The van der Waals surface area contributed by atoms with Gasteiger partial charge in [0.1, 0.15) is 11.0 Å². The Hall–Kier alpha value is -2.67. The molecule has 0 fully saturated rings. The third-order valence-corrected chi connectivity index (χ3v) is 5.90. The monoisotopic (exact) mass is 326 g/mol. The van der Waals surface area contributed by atoms with Crippen molar-refractivity contribution < 1.29 is 17.3 Å². The molecular formula is C16H10N2O4S. The zero-order valence-corrected chi connectivity index (χ0v) is 13.1. The van der Waals surface area contributed by atoms with E-state index in [9.17, 15) is 8.42 Å². The summed E-state index contributed by atoms with van der Waals surface area (Å²) in [5.41, 5.74) is 3.47. The third kappa shape index (κ3) is 1.54. The molecule has 2 aromatic carbocycles. The number of aryl methyl sites for hydroxylation is 2. The second-order valence-electron chi connectivity index (χ2n) is 5.60. The summed E-state index contributed by atoms with van der Waals surface area (Å²) in [6.07, 6.45) is 0. The smallest absolute Gasteiger partial charge is 0.208 e. The molecule has 0 atom stereocenters. The van der Waals surface area contributed by atoms with Crippen molar-refractivity contribution in [2.45, 2.75) is 23.6 Å². The van der Waals surface area contributed by atoms with Crippen LogP contribution in [0.1, 0.15) is 11.8 Å². The number of benzene rings is 2. The maximum absolute atomic E-state index is 12.9. The Bertz CT molecular complexity index is 1160. The lowest BCUT2D eigenvalue weighted by atomic mass is 10.0. The molecule has 0 bridgehead atoms. The van der Waals surface area contributed by atoms with Crippen molar-refractivity contribution in [2.75, 3.05) is 0 Å². The number of aromatic nitrogens is 2. The maximum atomic E-state index is 12.9. The van der Waals surface area contributed by atoms with Crippen LogP contribution in [0.4, 0.5) is 0 Å². The standard InChI is InChI=1S/C16H10N2O4S/c1-7-17-11-3-9-10-4-12-14(22-8(2)18-12)6-16(10)23(19,20)15(9)5-13(11)21-7/h3-6H,1-2H3. The summed E-state index contributed by atoms with van der Waals surface area (Å²) in [5, 5.41) is 0. The molecule has 4 aromatic rings. The van der Waals surface area contributed by atoms with Crippen LogP contribution < -0.4 is 0 Å². The minimum absolute atomic E-state index is 0.237. The van der Waals surface area contributed by atoms with Crippen molar-refractivity contribution in [3.63, 3.8) is 0 Å². The van der Waals surface area contributed by atoms with Crippen LogP contribution >= 0.6 is 0 Å². The van der Waals surface area contributed by atoms with Crippen LogP contribution in [-0.4, -0.2) is 18.4 Å². The van der Waals surface area contributed by atoms with E-state index in [0.29, 0.717) is 45.1 Å². The Morgan fingerprint density at radius 1 is 0.783 bits per heavy atom. The van der Waals surface area contributed by atoms with Gasteiger partial charge in [-0.1, -0.05) is 0 Å². The van der Waals surface area contributed by atoms with Crippen molar-refractivity contribution in [1.82, 2.24) is 9.97 Å². The van der Waals surface area contributed by atoms with E-state index >= 15 is 0 Å². The van der Waals surface area contributed by atoms with Crippen LogP contribution in [0.25, 0.3) is 33.3 Å². The highest BCUT2D eigenvalue weighted by Gasteiger charge is 2.35. The predicted octanol–water partition coefficient (Wildman–Crippen LogP) is 3.40. The van der Waals surface area contributed by atoms with Gasteiger partial charge in [-0.3, -0.25) is 0 Å². The topological polar surface area (TPSA) is 86.2 Å². The van der Waals surface area contributed by atoms with E-state index in [4.69, 9.17) is 8.83 Å². The highest BCUT2D eigenvalue weighted by atomic mass is 32.2. The first-order chi connectivity index (χ1) is 10.9. The van der Waals surface area contributed by atoms with Gasteiger partial charge in [0.2, 0.25) is 9.84 Å². The van der Waals surface area contributed by atoms with Gasteiger partial charge in [0.15, 0.2) is 22.9 Å². The Morgan fingerprint density at radius 3 is 1.65 bits per heavy atom. The molecule has 0 saturated heterocycles. The molecule has 23 heavy (non-hydrogen) atoms. The number of oxazole rings is 2. The molecule has 0 radical (unpaired) electrons. The van der Waals surface area contributed by atoms with E-state index in [-0.39, 0.29) is 9.79 Å². The van der Waals surface area contributed by atoms with Gasteiger partial charge in [0.25, 0.3) is 0 Å². The average Bonchev–Trinajstić information content (AvgIpc) is 3.08. The van der Waals surface area contributed by atoms with Crippen molar-refractivity contribution in [2.24, 2.45) is 0 Å². The Labute approximate surface area is 130 Å². The fraction of sp³-hybridized carbons (Fsp3) is 0.125. The molecule has 2 aromatic heterocycles. The van der Waals surface area contributed by atoms with Crippen molar-refractivity contribution >= 4 is 32.0 Å². The summed E-state index contributed by atoms with van der Waals surface area (Å²) in [4.78, 5) is 9.04. The minimum atomic E-state index is -3.60.